The summed E-state index contributed by atoms with van der Waals surface area (Å²) in [7, 11) is 0. The molecule has 64 valence electrons. The van der Waals surface area contributed by atoms with Gasteiger partial charge in [-0.15, -0.1) is 0 Å². The molecule has 0 aromatic carbocycles. The van der Waals surface area contributed by atoms with Crippen LogP contribution in [0.1, 0.15) is 5.69 Å². The van der Waals surface area contributed by atoms with E-state index in [9.17, 15) is 0 Å². The lowest BCUT2D eigenvalue weighted by Crippen LogP contribution is -2.22. The van der Waals surface area contributed by atoms with E-state index in [1.165, 1.54) is 12.4 Å². The molecule has 6 heteroatoms. The van der Waals surface area contributed by atoms with Gasteiger partial charge >= 0.3 is 0 Å². The normalized spacial score (nSPS) is 9.33. The predicted octanol–water partition coefficient (Wildman–Crippen LogP) is -1.17. The van der Waals surface area contributed by atoms with E-state index in [1.807, 2.05) is 0 Å². The average molecular weight is 166 g/mol. The van der Waals surface area contributed by atoms with Crippen LogP contribution in [0, 0.1) is 0 Å². The van der Waals surface area contributed by atoms with Crippen molar-refractivity contribution in [2.45, 2.75) is 6.54 Å². The first-order chi connectivity index (χ1) is 5.70. The number of nitrogen functional groups attached to an aromatic ring is 1. The number of guanidine groups is 1. The molecule has 0 aliphatic rings. The van der Waals surface area contributed by atoms with E-state index in [4.69, 9.17) is 17.2 Å². The van der Waals surface area contributed by atoms with Crippen molar-refractivity contribution < 1.29 is 0 Å². The van der Waals surface area contributed by atoms with Crippen molar-refractivity contribution in [3.63, 3.8) is 0 Å². The highest BCUT2D eigenvalue weighted by Crippen LogP contribution is 2.03. The molecule has 0 bridgehead atoms. The summed E-state index contributed by atoms with van der Waals surface area (Å²) in [5.41, 5.74) is 16.3. The van der Waals surface area contributed by atoms with Gasteiger partial charge in [-0.2, -0.15) is 0 Å². The summed E-state index contributed by atoms with van der Waals surface area (Å²) < 4.78 is 0. The largest absolute Gasteiger partial charge is 0.382 e. The van der Waals surface area contributed by atoms with Crippen LogP contribution in [-0.4, -0.2) is 15.9 Å². The standard InChI is InChI=1S/C6H10N6/c7-5-4(3-12-6(8)9)10-1-2-11-5/h1-2H,3H2,(H2,7,11)(H4,8,9,12). The van der Waals surface area contributed by atoms with Crippen molar-refractivity contribution in [2.24, 2.45) is 16.5 Å². The van der Waals surface area contributed by atoms with Crippen LogP contribution in [0.3, 0.4) is 0 Å². The van der Waals surface area contributed by atoms with Gasteiger partial charge in [0.25, 0.3) is 0 Å². The average Bonchev–Trinajstić information content (AvgIpc) is 2.03. The Bertz CT molecular complexity index is 290. The Balaban J connectivity index is 2.76. The number of anilines is 1. The minimum absolute atomic E-state index is 0.0139. The molecule has 1 rings (SSSR count). The van der Waals surface area contributed by atoms with E-state index >= 15 is 0 Å². The van der Waals surface area contributed by atoms with Gasteiger partial charge in [-0.1, -0.05) is 0 Å². The monoisotopic (exact) mass is 166 g/mol. The summed E-state index contributed by atoms with van der Waals surface area (Å²) in [4.78, 5) is 11.5. The van der Waals surface area contributed by atoms with Crippen LogP contribution in [0.25, 0.3) is 0 Å². The second kappa shape index (κ2) is 3.51. The van der Waals surface area contributed by atoms with Crippen molar-refractivity contribution in [1.82, 2.24) is 9.97 Å². The smallest absolute Gasteiger partial charge is 0.186 e. The van der Waals surface area contributed by atoms with Crippen molar-refractivity contribution in [3.8, 4) is 0 Å². The Hall–Kier alpha value is -1.85. The lowest BCUT2D eigenvalue weighted by atomic mass is 10.4. The molecule has 0 radical (unpaired) electrons. The molecule has 1 heterocycles. The summed E-state index contributed by atoms with van der Waals surface area (Å²) in [6.45, 7) is 0.266. The minimum Gasteiger partial charge on any atom is -0.382 e. The molecule has 12 heavy (non-hydrogen) atoms. The van der Waals surface area contributed by atoms with Crippen molar-refractivity contribution in [2.75, 3.05) is 5.73 Å². The van der Waals surface area contributed by atoms with Gasteiger partial charge in [-0.25, -0.2) is 9.98 Å². The Labute approximate surface area is 69.5 Å². The highest BCUT2D eigenvalue weighted by Gasteiger charge is 1.98. The Morgan fingerprint density at radius 2 is 2.00 bits per heavy atom. The number of nitrogens with zero attached hydrogens (tertiary/aromatic N) is 3. The zero-order valence-corrected chi connectivity index (χ0v) is 6.44. The van der Waals surface area contributed by atoms with Crippen LogP contribution in [0.5, 0.6) is 0 Å². The molecule has 6 N–H and O–H groups in total. The fourth-order valence-corrected chi connectivity index (χ4v) is 0.666. The number of aliphatic imine (C=N–C) groups is 1. The van der Waals surface area contributed by atoms with Crippen LogP contribution >= 0.6 is 0 Å². The van der Waals surface area contributed by atoms with Gasteiger partial charge in [0.15, 0.2) is 5.96 Å². The molecule has 0 aliphatic heterocycles. The maximum absolute atomic E-state index is 5.48. The third-order valence-corrected chi connectivity index (χ3v) is 1.22. The number of nitrogens with two attached hydrogens (primary N) is 3. The fourth-order valence-electron chi connectivity index (χ4n) is 0.666. The molecule has 0 spiro atoms. The minimum atomic E-state index is 0.0139. The van der Waals surface area contributed by atoms with Gasteiger partial charge in [0.2, 0.25) is 0 Å². The van der Waals surface area contributed by atoms with Crippen LogP contribution < -0.4 is 17.2 Å². The summed E-state index contributed by atoms with van der Waals surface area (Å²) in [6.07, 6.45) is 3.04. The van der Waals surface area contributed by atoms with Crippen LogP contribution in [0.15, 0.2) is 17.4 Å². The molecule has 0 atom stereocenters. The van der Waals surface area contributed by atoms with E-state index in [1.54, 1.807) is 0 Å². The summed E-state index contributed by atoms with van der Waals surface area (Å²) in [5, 5.41) is 0. The van der Waals surface area contributed by atoms with Gasteiger partial charge in [-0.05, 0) is 0 Å². The van der Waals surface area contributed by atoms with E-state index in [0.717, 1.165) is 0 Å². The molecule has 1 aromatic heterocycles. The zero-order chi connectivity index (χ0) is 8.97. The highest BCUT2D eigenvalue weighted by atomic mass is 15.0. The molecule has 0 saturated carbocycles. The second-order valence-electron chi connectivity index (χ2n) is 2.13. The van der Waals surface area contributed by atoms with Gasteiger partial charge in [0.05, 0.1) is 6.54 Å². The lowest BCUT2D eigenvalue weighted by Gasteiger charge is -1.98. The molecule has 0 unspecified atom stereocenters. The number of hydrogen-bond donors (Lipinski definition) is 3. The van der Waals surface area contributed by atoms with Crippen LogP contribution in [-0.2, 0) is 6.54 Å². The maximum atomic E-state index is 5.48. The van der Waals surface area contributed by atoms with Crippen molar-refractivity contribution in [1.29, 1.82) is 0 Å². The molecule has 6 nitrogen and oxygen atoms in total. The first-order valence-electron chi connectivity index (χ1n) is 3.31. The molecular weight excluding hydrogens is 156 g/mol. The van der Waals surface area contributed by atoms with Gasteiger partial charge in [0.1, 0.15) is 11.5 Å². The first-order valence-corrected chi connectivity index (χ1v) is 3.31. The van der Waals surface area contributed by atoms with E-state index in [2.05, 4.69) is 15.0 Å². The van der Waals surface area contributed by atoms with Crippen molar-refractivity contribution >= 4 is 11.8 Å². The van der Waals surface area contributed by atoms with Crippen LogP contribution in [0.4, 0.5) is 5.82 Å². The third kappa shape index (κ3) is 2.08. The SMILES string of the molecule is NC(N)=NCc1nccnc1N. The molecule has 0 saturated heterocycles. The lowest BCUT2D eigenvalue weighted by molar-refractivity contribution is 0.965. The molecular formula is C6H10N6. The van der Waals surface area contributed by atoms with Gasteiger partial charge < -0.3 is 17.2 Å². The number of hydrogen-bond acceptors (Lipinski definition) is 4. The van der Waals surface area contributed by atoms with Crippen LogP contribution in [0.2, 0.25) is 0 Å². The Morgan fingerprint density at radius 3 is 2.58 bits per heavy atom. The maximum Gasteiger partial charge on any atom is 0.186 e. The third-order valence-electron chi connectivity index (χ3n) is 1.22. The van der Waals surface area contributed by atoms with E-state index in [0.29, 0.717) is 11.5 Å². The first kappa shape index (κ1) is 8.25. The van der Waals surface area contributed by atoms with Gasteiger partial charge in [-0.3, -0.25) is 4.98 Å². The van der Waals surface area contributed by atoms with Crippen molar-refractivity contribution in [3.05, 3.63) is 18.1 Å². The number of aromatic nitrogens is 2. The number of rotatable bonds is 2. The summed E-state index contributed by atoms with van der Waals surface area (Å²) in [6, 6.07) is 0. The molecule has 0 amide bonds. The Morgan fingerprint density at radius 1 is 1.33 bits per heavy atom. The molecule has 1 aromatic rings. The molecule has 0 aliphatic carbocycles. The second-order valence-corrected chi connectivity index (χ2v) is 2.13. The van der Waals surface area contributed by atoms with E-state index < -0.39 is 0 Å². The summed E-state index contributed by atoms with van der Waals surface area (Å²) >= 11 is 0. The Kier molecular flexibility index (Phi) is 2.42. The highest BCUT2D eigenvalue weighted by molar-refractivity contribution is 5.75. The predicted molar refractivity (Wildman–Crippen MR) is 46.0 cm³/mol. The fraction of sp³-hybridized carbons (Fsp3) is 0.167. The quantitative estimate of drug-likeness (QED) is 0.378. The topological polar surface area (TPSA) is 116 Å². The summed E-state index contributed by atoms with van der Waals surface area (Å²) in [5.74, 6) is 0.363. The zero-order valence-electron chi connectivity index (χ0n) is 6.44. The van der Waals surface area contributed by atoms with E-state index in [-0.39, 0.29) is 12.5 Å². The van der Waals surface area contributed by atoms with Gasteiger partial charge in [0, 0.05) is 12.4 Å². The molecule has 0 fully saturated rings.